The molecule has 3 aromatic carbocycles. The van der Waals surface area contributed by atoms with Crippen molar-refractivity contribution < 1.29 is 31.8 Å². The van der Waals surface area contributed by atoms with Gasteiger partial charge in [0.05, 0.1) is 31.9 Å². The maximum atomic E-state index is 13.5. The van der Waals surface area contributed by atoms with Crippen molar-refractivity contribution in [3.8, 4) is 17.2 Å². The number of benzene rings is 3. The summed E-state index contributed by atoms with van der Waals surface area (Å²) >= 11 is 0. The van der Waals surface area contributed by atoms with Crippen molar-refractivity contribution in [3.05, 3.63) is 78.1 Å². The zero-order valence-electron chi connectivity index (χ0n) is 19.7. The smallest absolute Gasteiger partial charge is 0.264 e. The van der Waals surface area contributed by atoms with Gasteiger partial charge in [0.1, 0.15) is 18.1 Å². The van der Waals surface area contributed by atoms with Gasteiger partial charge in [0.25, 0.3) is 10.0 Å². The van der Waals surface area contributed by atoms with Gasteiger partial charge < -0.3 is 19.5 Å². The van der Waals surface area contributed by atoms with Crippen LogP contribution < -0.4 is 23.8 Å². The highest BCUT2D eigenvalue weighted by Crippen LogP contribution is 2.32. The van der Waals surface area contributed by atoms with E-state index >= 15 is 0 Å². The fourth-order valence-electron chi connectivity index (χ4n) is 3.35. The van der Waals surface area contributed by atoms with Crippen LogP contribution in [0.15, 0.2) is 71.6 Å². The molecule has 3 rings (SSSR count). The number of carbonyl (C=O) groups excluding carboxylic acids is 1. The van der Waals surface area contributed by atoms with Crippen molar-refractivity contribution in [1.29, 1.82) is 0 Å². The summed E-state index contributed by atoms with van der Waals surface area (Å²) in [4.78, 5) is 12.6. The molecule has 0 radical (unpaired) electrons. The third-order valence-electron chi connectivity index (χ3n) is 5.24. The molecule has 8 nitrogen and oxygen atoms in total. The van der Waals surface area contributed by atoms with Gasteiger partial charge in [-0.2, -0.15) is 0 Å². The summed E-state index contributed by atoms with van der Waals surface area (Å²) in [5.41, 5.74) is 1.13. The lowest BCUT2D eigenvalue weighted by molar-refractivity contribution is -0.119. The summed E-state index contributed by atoms with van der Waals surface area (Å²) in [6.45, 7) is -0.191. The number of methoxy groups -OCH3 is 3. The minimum atomic E-state index is -4.20. The molecule has 1 amide bonds. The summed E-state index contributed by atoms with van der Waals surface area (Å²) in [5.74, 6) is 0.272. The standard InChI is InChI=1S/C25H27FN2O6S/c1-32-21-10-4-18(5-11-21)14-15-27-25(29)17-28(20-8-6-19(26)7-9-20)35(30,31)22-12-13-23(33-2)24(16-22)34-3/h4-13,16H,14-15,17H2,1-3H3,(H,27,29). The van der Waals surface area contributed by atoms with Gasteiger partial charge in [0, 0.05) is 12.6 Å². The van der Waals surface area contributed by atoms with Crippen LogP contribution in [-0.2, 0) is 21.2 Å². The summed E-state index contributed by atoms with van der Waals surface area (Å²) in [5, 5.41) is 2.74. The molecule has 0 fully saturated rings. The number of rotatable bonds is 11. The quantitative estimate of drug-likeness (QED) is 0.432. The second-order valence-corrected chi connectivity index (χ2v) is 9.32. The van der Waals surface area contributed by atoms with Gasteiger partial charge in [-0.25, -0.2) is 12.8 Å². The van der Waals surface area contributed by atoms with Crippen LogP contribution in [0, 0.1) is 5.82 Å². The van der Waals surface area contributed by atoms with E-state index in [0.717, 1.165) is 27.8 Å². The minimum Gasteiger partial charge on any atom is -0.497 e. The second kappa shape index (κ2) is 11.6. The van der Waals surface area contributed by atoms with Crippen LogP contribution in [0.3, 0.4) is 0 Å². The Morgan fingerprint density at radius 3 is 2.14 bits per heavy atom. The fourth-order valence-corrected chi connectivity index (χ4v) is 4.79. The molecule has 0 bridgehead atoms. The number of sulfonamides is 1. The SMILES string of the molecule is COc1ccc(CCNC(=O)CN(c2ccc(F)cc2)S(=O)(=O)c2ccc(OC)c(OC)c2)cc1. The van der Waals surface area contributed by atoms with Gasteiger partial charge >= 0.3 is 0 Å². The first-order chi connectivity index (χ1) is 16.8. The van der Waals surface area contributed by atoms with Crippen LogP contribution in [0.2, 0.25) is 0 Å². The largest absolute Gasteiger partial charge is 0.497 e. The molecule has 0 aromatic heterocycles. The van der Waals surface area contributed by atoms with Gasteiger partial charge in [0.15, 0.2) is 11.5 Å². The average molecular weight is 503 g/mol. The lowest BCUT2D eigenvalue weighted by atomic mass is 10.1. The Bertz CT molecular complexity index is 1250. The van der Waals surface area contributed by atoms with E-state index in [1.807, 2.05) is 24.3 Å². The number of amides is 1. The third kappa shape index (κ3) is 6.42. The van der Waals surface area contributed by atoms with Gasteiger partial charge in [0.2, 0.25) is 5.91 Å². The van der Waals surface area contributed by atoms with Crippen molar-refractivity contribution in [1.82, 2.24) is 5.32 Å². The Morgan fingerprint density at radius 2 is 1.54 bits per heavy atom. The number of halogens is 1. The molecule has 0 spiro atoms. The number of hydrogen-bond donors (Lipinski definition) is 1. The Balaban J connectivity index is 1.80. The van der Waals surface area contributed by atoms with E-state index in [-0.39, 0.29) is 16.3 Å². The van der Waals surface area contributed by atoms with Crippen molar-refractivity contribution in [2.45, 2.75) is 11.3 Å². The third-order valence-corrected chi connectivity index (χ3v) is 7.01. The topological polar surface area (TPSA) is 94.2 Å². The normalized spacial score (nSPS) is 11.0. The number of ether oxygens (including phenoxy) is 3. The molecule has 0 atom stereocenters. The van der Waals surface area contributed by atoms with Gasteiger partial charge in [-0.3, -0.25) is 9.10 Å². The highest BCUT2D eigenvalue weighted by molar-refractivity contribution is 7.92. The molecule has 0 saturated heterocycles. The van der Waals surface area contributed by atoms with E-state index in [1.165, 1.54) is 44.6 Å². The van der Waals surface area contributed by atoms with Crippen molar-refractivity contribution in [2.24, 2.45) is 0 Å². The summed E-state index contributed by atoms with van der Waals surface area (Å²) < 4.78 is 57.0. The van der Waals surface area contributed by atoms with Crippen LogP contribution in [0.5, 0.6) is 17.2 Å². The first-order valence-corrected chi connectivity index (χ1v) is 12.1. The van der Waals surface area contributed by atoms with Gasteiger partial charge in [-0.1, -0.05) is 12.1 Å². The maximum absolute atomic E-state index is 13.5. The van der Waals surface area contributed by atoms with E-state index in [1.54, 1.807) is 7.11 Å². The molecule has 186 valence electrons. The van der Waals surface area contributed by atoms with Crippen LogP contribution in [0.25, 0.3) is 0 Å². The van der Waals surface area contributed by atoms with Crippen molar-refractivity contribution in [3.63, 3.8) is 0 Å². The number of hydrogen-bond acceptors (Lipinski definition) is 6. The fraction of sp³-hybridized carbons (Fsp3) is 0.240. The Labute approximate surface area is 204 Å². The molecule has 0 heterocycles. The number of carbonyl (C=O) groups is 1. The maximum Gasteiger partial charge on any atom is 0.264 e. The predicted octanol–water partition coefficient (Wildman–Crippen LogP) is 3.41. The van der Waals surface area contributed by atoms with Crippen LogP contribution in [0.4, 0.5) is 10.1 Å². The van der Waals surface area contributed by atoms with E-state index in [4.69, 9.17) is 14.2 Å². The number of nitrogens with one attached hydrogen (secondary N) is 1. The summed E-state index contributed by atoms with van der Waals surface area (Å²) in [6.07, 6.45) is 0.550. The average Bonchev–Trinajstić information content (AvgIpc) is 2.87. The summed E-state index contributed by atoms with van der Waals surface area (Å²) in [7, 11) is 0.206. The second-order valence-electron chi connectivity index (χ2n) is 7.45. The van der Waals surface area contributed by atoms with Crippen molar-refractivity contribution >= 4 is 21.6 Å². The van der Waals surface area contributed by atoms with Gasteiger partial charge in [-0.15, -0.1) is 0 Å². The first-order valence-electron chi connectivity index (χ1n) is 10.7. The van der Waals surface area contributed by atoms with E-state index < -0.39 is 28.3 Å². The molecule has 0 aliphatic carbocycles. The molecular formula is C25H27FN2O6S. The van der Waals surface area contributed by atoms with E-state index in [9.17, 15) is 17.6 Å². The molecule has 10 heteroatoms. The lowest BCUT2D eigenvalue weighted by Crippen LogP contribution is -2.41. The zero-order valence-corrected chi connectivity index (χ0v) is 20.5. The predicted molar refractivity (Wildman–Crippen MR) is 130 cm³/mol. The van der Waals surface area contributed by atoms with Gasteiger partial charge in [-0.05, 0) is 60.5 Å². The Morgan fingerprint density at radius 1 is 0.886 bits per heavy atom. The highest BCUT2D eigenvalue weighted by Gasteiger charge is 2.28. The first kappa shape index (κ1) is 25.8. The minimum absolute atomic E-state index is 0.106. The molecular weight excluding hydrogens is 475 g/mol. The monoisotopic (exact) mass is 502 g/mol. The lowest BCUT2D eigenvalue weighted by Gasteiger charge is -2.24. The van der Waals surface area contributed by atoms with Crippen LogP contribution in [0.1, 0.15) is 5.56 Å². The molecule has 35 heavy (non-hydrogen) atoms. The Kier molecular flexibility index (Phi) is 8.53. The Hall–Kier alpha value is -3.79. The summed E-state index contributed by atoms with van der Waals surface area (Å²) in [6, 6.07) is 16.4. The molecule has 3 aromatic rings. The number of nitrogens with zero attached hydrogens (tertiary/aromatic N) is 1. The molecule has 0 saturated carbocycles. The molecule has 0 aliphatic heterocycles. The molecule has 0 unspecified atom stereocenters. The van der Waals surface area contributed by atoms with Crippen LogP contribution >= 0.6 is 0 Å². The highest BCUT2D eigenvalue weighted by atomic mass is 32.2. The van der Waals surface area contributed by atoms with E-state index in [2.05, 4.69) is 5.32 Å². The van der Waals surface area contributed by atoms with Crippen molar-refractivity contribution in [2.75, 3.05) is 38.7 Å². The molecule has 1 N–H and O–H groups in total. The van der Waals surface area contributed by atoms with Crippen LogP contribution in [-0.4, -0.2) is 48.7 Å². The number of anilines is 1. The van der Waals surface area contributed by atoms with E-state index in [0.29, 0.717) is 18.7 Å². The molecule has 0 aliphatic rings. The zero-order chi connectivity index (χ0) is 25.4.